The first-order valence-electron chi connectivity index (χ1n) is 9.03. The van der Waals surface area contributed by atoms with Gasteiger partial charge in [-0.1, -0.05) is 24.8 Å². The summed E-state index contributed by atoms with van der Waals surface area (Å²) in [5.41, 5.74) is 0.158. The Bertz CT molecular complexity index is 1140. The highest BCUT2D eigenvalue weighted by Crippen LogP contribution is 2.26. The Morgan fingerprint density at radius 1 is 1.23 bits per heavy atom. The summed E-state index contributed by atoms with van der Waals surface area (Å²) in [6.07, 6.45) is 2.97. The first-order valence-corrected chi connectivity index (χ1v) is 9.03. The van der Waals surface area contributed by atoms with Crippen molar-refractivity contribution >= 4 is 17.8 Å². The van der Waals surface area contributed by atoms with Gasteiger partial charge in [-0.2, -0.15) is 4.90 Å². The molecule has 2 amide bonds. The van der Waals surface area contributed by atoms with Crippen LogP contribution in [0.25, 0.3) is 11.5 Å². The Morgan fingerprint density at radius 2 is 2.03 bits per heavy atom. The number of ether oxygens (including phenoxy) is 1. The number of aromatic nitrogens is 4. The summed E-state index contributed by atoms with van der Waals surface area (Å²) in [5, 5.41) is 17.5. The van der Waals surface area contributed by atoms with Crippen LogP contribution in [0.5, 0.6) is 5.75 Å². The molecule has 1 N–H and O–H groups in total. The molecule has 0 radical (unpaired) electrons. The second-order valence-electron chi connectivity index (χ2n) is 6.14. The van der Waals surface area contributed by atoms with Crippen LogP contribution in [-0.4, -0.2) is 43.5 Å². The lowest BCUT2D eigenvalue weighted by Gasteiger charge is -2.19. The minimum absolute atomic E-state index is 0.00347. The molecule has 0 aliphatic carbocycles. The molecular weight excluding hydrogens is 405 g/mol. The van der Waals surface area contributed by atoms with Gasteiger partial charge in [-0.25, -0.2) is 14.2 Å². The van der Waals surface area contributed by atoms with Crippen molar-refractivity contribution < 1.29 is 23.8 Å². The van der Waals surface area contributed by atoms with E-state index >= 15 is 0 Å². The number of halogens is 1. The van der Waals surface area contributed by atoms with Crippen molar-refractivity contribution in [1.82, 2.24) is 19.7 Å². The van der Waals surface area contributed by atoms with Gasteiger partial charge in [0.25, 0.3) is 5.91 Å². The third-order valence-corrected chi connectivity index (χ3v) is 4.06. The summed E-state index contributed by atoms with van der Waals surface area (Å²) in [4.78, 5) is 29.8. The third-order valence-electron chi connectivity index (χ3n) is 4.06. The van der Waals surface area contributed by atoms with Gasteiger partial charge in [-0.05, 0) is 24.3 Å². The Labute approximate surface area is 176 Å². The highest BCUT2D eigenvalue weighted by atomic mass is 19.1. The zero-order valence-corrected chi connectivity index (χ0v) is 16.3. The smallest absolute Gasteiger partial charge is 0.420 e. The largest absolute Gasteiger partial charge is 0.489 e. The highest BCUT2D eigenvalue weighted by Gasteiger charge is 2.29. The molecule has 0 atom stereocenters. The van der Waals surface area contributed by atoms with Crippen LogP contribution < -0.4 is 9.64 Å². The van der Waals surface area contributed by atoms with Crippen molar-refractivity contribution in [3.05, 3.63) is 79.4 Å². The van der Waals surface area contributed by atoms with Gasteiger partial charge in [0.15, 0.2) is 5.82 Å². The predicted octanol–water partition coefficient (Wildman–Crippen LogP) is 3.55. The number of imide groups is 1. The third kappa shape index (κ3) is 4.64. The van der Waals surface area contributed by atoms with Crippen LogP contribution in [0.4, 0.5) is 15.0 Å². The minimum atomic E-state index is -1.57. The standard InChI is InChI=1S/C21H18FN5O4/c1-3-10-26-13-23-25-19(26)16-6-5-7-18(24-16)27(21(29)30)20(28)15-9-8-14(22)12-17(15)31-11-4-2/h3-9,12-13H,1-2,10-11H2,(H,29,30). The minimum Gasteiger partial charge on any atom is -0.489 e. The summed E-state index contributed by atoms with van der Waals surface area (Å²) < 4.78 is 20.6. The van der Waals surface area contributed by atoms with Gasteiger partial charge in [0.1, 0.15) is 36.0 Å². The highest BCUT2D eigenvalue weighted by molar-refractivity contribution is 6.19. The van der Waals surface area contributed by atoms with Gasteiger partial charge in [-0.15, -0.1) is 16.8 Å². The molecule has 2 aromatic heterocycles. The Kier molecular flexibility index (Phi) is 6.51. The first kappa shape index (κ1) is 21.4. The molecule has 0 spiro atoms. The van der Waals surface area contributed by atoms with Crippen LogP contribution in [0.3, 0.4) is 0 Å². The van der Waals surface area contributed by atoms with Gasteiger partial charge in [0, 0.05) is 12.6 Å². The van der Waals surface area contributed by atoms with E-state index in [1.54, 1.807) is 16.7 Å². The molecule has 10 heteroatoms. The molecule has 0 saturated carbocycles. The molecule has 0 aliphatic rings. The molecule has 3 aromatic rings. The van der Waals surface area contributed by atoms with Crippen LogP contribution in [0.1, 0.15) is 10.4 Å². The van der Waals surface area contributed by atoms with E-state index in [0.717, 1.165) is 18.2 Å². The summed E-state index contributed by atoms with van der Waals surface area (Å²) in [7, 11) is 0. The van der Waals surface area contributed by atoms with E-state index in [4.69, 9.17) is 4.74 Å². The lowest BCUT2D eigenvalue weighted by molar-refractivity contribution is 0.0979. The van der Waals surface area contributed by atoms with Gasteiger partial charge in [-0.3, -0.25) is 4.79 Å². The normalized spacial score (nSPS) is 10.4. The first-order chi connectivity index (χ1) is 15.0. The van der Waals surface area contributed by atoms with Crippen molar-refractivity contribution in [3.63, 3.8) is 0 Å². The van der Waals surface area contributed by atoms with Crippen LogP contribution in [0.2, 0.25) is 0 Å². The predicted molar refractivity (Wildman–Crippen MR) is 110 cm³/mol. The number of rotatable bonds is 8. The van der Waals surface area contributed by atoms with Crippen molar-refractivity contribution in [2.75, 3.05) is 11.5 Å². The van der Waals surface area contributed by atoms with E-state index in [0.29, 0.717) is 23.0 Å². The number of benzene rings is 1. The number of pyridine rings is 1. The number of anilines is 1. The molecule has 0 saturated heterocycles. The number of nitrogens with zero attached hydrogens (tertiary/aromatic N) is 5. The maximum absolute atomic E-state index is 13.6. The van der Waals surface area contributed by atoms with Gasteiger partial charge < -0.3 is 14.4 Å². The van der Waals surface area contributed by atoms with Gasteiger partial charge in [0.2, 0.25) is 0 Å². The number of hydrogen-bond acceptors (Lipinski definition) is 6. The average Bonchev–Trinajstić information content (AvgIpc) is 3.21. The van der Waals surface area contributed by atoms with Crippen molar-refractivity contribution in [1.29, 1.82) is 0 Å². The molecule has 3 rings (SSSR count). The Balaban J connectivity index is 2.03. The fraction of sp³-hybridized carbons (Fsp3) is 0.0952. The molecule has 158 valence electrons. The molecular formula is C21H18FN5O4. The van der Waals surface area contributed by atoms with E-state index in [1.807, 2.05) is 0 Å². The number of amides is 2. The number of carbonyl (C=O) groups is 2. The molecule has 0 aliphatic heterocycles. The van der Waals surface area contributed by atoms with E-state index in [2.05, 4.69) is 28.3 Å². The lowest BCUT2D eigenvalue weighted by Crippen LogP contribution is -2.36. The fourth-order valence-corrected chi connectivity index (χ4v) is 2.75. The van der Waals surface area contributed by atoms with E-state index in [1.165, 1.54) is 24.5 Å². The van der Waals surface area contributed by atoms with Crippen LogP contribution >= 0.6 is 0 Å². The number of carboxylic acid groups (broad SMARTS) is 1. The molecule has 2 heterocycles. The Hall–Kier alpha value is -4.34. The van der Waals surface area contributed by atoms with E-state index in [-0.39, 0.29) is 23.7 Å². The van der Waals surface area contributed by atoms with E-state index < -0.39 is 17.8 Å². The lowest BCUT2D eigenvalue weighted by atomic mass is 10.1. The van der Waals surface area contributed by atoms with E-state index in [9.17, 15) is 19.1 Å². The Morgan fingerprint density at radius 3 is 2.74 bits per heavy atom. The SMILES string of the molecule is C=CCOc1cc(F)ccc1C(=O)N(C(=O)O)c1cccc(-c2nncn2CC=C)n1. The fourth-order valence-electron chi connectivity index (χ4n) is 2.75. The molecule has 9 nitrogen and oxygen atoms in total. The molecule has 31 heavy (non-hydrogen) atoms. The summed E-state index contributed by atoms with van der Waals surface area (Å²) >= 11 is 0. The zero-order valence-electron chi connectivity index (χ0n) is 16.3. The topological polar surface area (TPSA) is 110 Å². The van der Waals surface area contributed by atoms with Gasteiger partial charge >= 0.3 is 6.09 Å². The monoisotopic (exact) mass is 423 g/mol. The van der Waals surface area contributed by atoms with Crippen LogP contribution in [0, 0.1) is 5.82 Å². The van der Waals surface area contributed by atoms with Gasteiger partial charge in [0.05, 0.1) is 5.56 Å². The maximum atomic E-state index is 13.6. The summed E-state index contributed by atoms with van der Waals surface area (Å²) in [6, 6.07) is 7.68. The quantitative estimate of drug-likeness (QED) is 0.552. The second kappa shape index (κ2) is 9.44. The number of allylic oxidation sites excluding steroid dienone is 1. The summed E-state index contributed by atoms with van der Waals surface area (Å²) in [5.74, 6) is -1.50. The van der Waals surface area contributed by atoms with Crippen molar-refractivity contribution in [2.24, 2.45) is 0 Å². The van der Waals surface area contributed by atoms with Crippen molar-refractivity contribution in [2.45, 2.75) is 6.54 Å². The molecule has 0 bridgehead atoms. The number of hydrogen-bond donors (Lipinski definition) is 1. The number of carbonyl (C=O) groups excluding carboxylic acids is 1. The molecule has 0 fully saturated rings. The van der Waals surface area contributed by atoms with Crippen LogP contribution in [0.15, 0.2) is 68.0 Å². The molecule has 0 unspecified atom stereocenters. The maximum Gasteiger partial charge on any atom is 0.420 e. The molecule has 1 aromatic carbocycles. The van der Waals surface area contributed by atoms with Crippen molar-refractivity contribution in [3.8, 4) is 17.3 Å². The summed E-state index contributed by atoms with van der Waals surface area (Å²) in [6.45, 7) is 7.58. The zero-order chi connectivity index (χ0) is 22.4. The van der Waals surface area contributed by atoms with Crippen LogP contribution in [-0.2, 0) is 6.54 Å². The average molecular weight is 423 g/mol. The second-order valence-corrected chi connectivity index (χ2v) is 6.14.